The standard InChI is InChI=1S/C13H20FN3O2S/c1-16(13-6-4-12(14)5-7-13)20(18,19)17-8-2-3-11(9-15)10-17/h4-7,11H,2-3,8-10,15H2,1H3. The fraction of sp³-hybridized carbons (Fsp3) is 0.538. The molecular weight excluding hydrogens is 281 g/mol. The van der Waals surface area contributed by atoms with E-state index in [1.54, 1.807) is 0 Å². The van der Waals surface area contributed by atoms with E-state index >= 15 is 0 Å². The van der Waals surface area contributed by atoms with Crippen molar-refractivity contribution in [2.45, 2.75) is 12.8 Å². The molecule has 2 rings (SSSR count). The second-order valence-corrected chi connectivity index (χ2v) is 7.01. The zero-order valence-corrected chi connectivity index (χ0v) is 12.3. The van der Waals surface area contributed by atoms with Crippen molar-refractivity contribution in [1.82, 2.24) is 4.31 Å². The summed E-state index contributed by atoms with van der Waals surface area (Å²) < 4.78 is 40.6. The molecule has 1 aliphatic heterocycles. The summed E-state index contributed by atoms with van der Waals surface area (Å²) in [6.07, 6.45) is 1.78. The highest BCUT2D eigenvalue weighted by molar-refractivity contribution is 7.90. The van der Waals surface area contributed by atoms with Crippen molar-refractivity contribution < 1.29 is 12.8 Å². The third-order valence-corrected chi connectivity index (χ3v) is 5.56. The molecule has 1 heterocycles. The molecule has 0 amide bonds. The maximum atomic E-state index is 12.9. The van der Waals surface area contributed by atoms with Crippen molar-refractivity contribution >= 4 is 15.9 Å². The number of nitrogens with two attached hydrogens (primary N) is 1. The lowest BCUT2D eigenvalue weighted by Gasteiger charge is -2.34. The molecule has 0 radical (unpaired) electrons. The summed E-state index contributed by atoms with van der Waals surface area (Å²) in [5.41, 5.74) is 6.08. The van der Waals surface area contributed by atoms with Gasteiger partial charge in [0.2, 0.25) is 0 Å². The Morgan fingerprint density at radius 3 is 2.65 bits per heavy atom. The molecule has 20 heavy (non-hydrogen) atoms. The Morgan fingerprint density at radius 2 is 2.05 bits per heavy atom. The van der Waals surface area contributed by atoms with E-state index in [1.807, 2.05) is 0 Å². The van der Waals surface area contributed by atoms with Crippen molar-refractivity contribution in [3.05, 3.63) is 30.1 Å². The van der Waals surface area contributed by atoms with Gasteiger partial charge in [-0.05, 0) is 49.6 Å². The largest absolute Gasteiger partial charge is 0.330 e. The third-order valence-electron chi connectivity index (χ3n) is 3.68. The molecule has 1 aromatic carbocycles. The summed E-state index contributed by atoms with van der Waals surface area (Å²) in [5.74, 6) is -0.180. The average Bonchev–Trinajstić information content (AvgIpc) is 2.47. The number of hydrogen-bond acceptors (Lipinski definition) is 3. The normalized spacial score (nSPS) is 20.9. The highest BCUT2D eigenvalue weighted by Crippen LogP contribution is 2.23. The van der Waals surface area contributed by atoms with Crippen LogP contribution in [0.25, 0.3) is 0 Å². The van der Waals surface area contributed by atoms with Gasteiger partial charge in [0.05, 0.1) is 5.69 Å². The highest BCUT2D eigenvalue weighted by atomic mass is 32.2. The van der Waals surface area contributed by atoms with Gasteiger partial charge < -0.3 is 5.73 Å². The Morgan fingerprint density at radius 1 is 1.40 bits per heavy atom. The van der Waals surface area contributed by atoms with Gasteiger partial charge in [-0.3, -0.25) is 4.31 Å². The number of hydrogen-bond donors (Lipinski definition) is 1. The van der Waals surface area contributed by atoms with Crippen LogP contribution in [-0.2, 0) is 10.2 Å². The second-order valence-electron chi connectivity index (χ2n) is 5.05. The summed E-state index contributed by atoms with van der Waals surface area (Å²) in [5, 5.41) is 0. The Balaban J connectivity index is 2.18. The Bertz CT molecular complexity index is 547. The van der Waals surface area contributed by atoms with E-state index in [2.05, 4.69) is 0 Å². The first-order chi connectivity index (χ1) is 9.45. The quantitative estimate of drug-likeness (QED) is 0.908. The predicted molar refractivity (Wildman–Crippen MR) is 77.1 cm³/mol. The van der Waals surface area contributed by atoms with Gasteiger partial charge in [0.1, 0.15) is 5.82 Å². The molecule has 1 atom stereocenters. The maximum absolute atomic E-state index is 12.9. The molecule has 1 unspecified atom stereocenters. The van der Waals surface area contributed by atoms with E-state index in [0.29, 0.717) is 25.3 Å². The van der Waals surface area contributed by atoms with E-state index in [4.69, 9.17) is 5.73 Å². The number of piperidine rings is 1. The lowest BCUT2D eigenvalue weighted by molar-refractivity contribution is 0.271. The van der Waals surface area contributed by atoms with Crippen LogP contribution in [0.2, 0.25) is 0 Å². The molecule has 7 heteroatoms. The minimum absolute atomic E-state index is 0.208. The summed E-state index contributed by atoms with van der Waals surface area (Å²) in [4.78, 5) is 0. The molecule has 1 saturated heterocycles. The summed E-state index contributed by atoms with van der Waals surface area (Å²) >= 11 is 0. The van der Waals surface area contributed by atoms with Gasteiger partial charge in [0.15, 0.2) is 0 Å². The molecule has 0 aliphatic carbocycles. The molecule has 0 aromatic heterocycles. The number of benzene rings is 1. The lowest BCUT2D eigenvalue weighted by Crippen LogP contribution is -2.48. The lowest BCUT2D eigenvalue weighted by atomic mass is 10.0. The first kappa shape index (κ1) is 15.2. The van der Waals surface area contributed by atoms with Gasteiger partial charge in [-0.15, -0.1) is 0 Å². The van der Waals surface area contributed by atoms with Crippen LogP contribution in [0.1, 0.15) is 12.8 Å². The molecule has 1 aliphatic rings. The molecule has 112 valence electrons. The van der Waals surface area contributed by atoms with Crippen LogP contribution in [0, 0.1) is 11.7 Å². The van der Waals surface area contributed by atoms with Gasteiger partial charge in [-0.25, -0.2) is 4.39 Å². The first-order valence-electron chi connectivity index (χ1n) is 6.65. The topological polar surface area (TPSA) is 66.6 Å². The third kappa shape index (κ3) is 3.11. The maximum Gasteiger partial charge on any atom is 0.303 e. The Kier molecular flexibility index (Phi) is 4.62. The molecule has 0 spiro atoms. The van der Waals surface area contributed by atoms with E-state index < -0.39 is 10.2 Å². The molecule has 1 aromatic rings. The number of nitrogens with zero attached hydrogens (tertiary/aromatic N) is 2. The number of halogens is 1. The minimum atomic E-state index is -3.58. The van der Waals surface area contributed by atoms with Crippen LogP contribution in [0.5, 0.6) is 0 Å². The molecule has 2 N–H and O–H groups in total. The minimum Gasteiger partial charge on any atom is -0.330 e. The van der Waals surface area contributed by atoms with Gasteiger partial charge >= 0.3 is 10.2 Å². The fourth-order valence-corrected chi connectivity index (χ4v) is 3.88. The van der Waals surface area contributed by atoms with Crippen LogP contribution >= 0.6 is 0 Å². The highest BCUT2D eigenvalue weighted by Gasteiger charge is 2.31. The van der Waals surface area contributed by atoms with E-state index in [0.717, 1.165) is 12.8 Å². The number of anilines is 1. The second kappa shape index (κ2) is 6.07. The van der Waals surface area contributed by atoms with Crippen LogP contribution < -0.4 is 10.0 Å². The Hall–Kier alpha value is -1.18. The van der Waals surface area contributed by atoms with E-state index in [1.165, 1.54) is 39.9 Å². The van der Waals surface area contributed by atoms with Crippen molar-refractivity contribution in [3.8, 4) is 0 Å². The average molecular weight is 301 g/mol. The van der Waals surface area contributed by atoms with Gasteiger partial charge in [-0.1, -0.05) is 0 Å². The van der Waals surface area contributed by atoms with Crippen molar-refractivity contribution in [1.29, 1.82) is 0 Å². The molecule has 5 nitrogen and oxygen atoms in total. The van der Waals surface area contributed by atoms with E-state index in [9.17, 15) is 12.8 Å². The zero-order chi connectivity index (χ0) is 14.8. The van der Waals surface area contributed by atoms with Crippen molar-refractivity contribution in [3.63, 3.8) is 0 Å². The first-order valence-corrected chi connectivity index (χ1v) is 8.04. The van der Waals surface area contributed by atoms with Gasteiger partial charge in [0.25, 0.3) is 0 Å². The van der Waals surface area contributed by atoms with Crippen LogP contribution in [0.3, 0.4) is 0 Å². The summed E-state index contributed by atoms with van der Waals surface area (Å²) in [6, 6.07) is 5.41. The summed E-state index contributed by atoms with van der Waals surface area (Å²) in [6.45, 7) is 1.45. The van der Waals surface area contributed by atoms with E-state index in [-0.39, 0.29) is 11.7 Å². The van der Waals surface area contributed by atoms with Crippen LogP contribution in [0.15, 0.2) is 24.3 Å². The zero-order valence-electron chi connectivity index (χ0n) is 11.5. The predicted octanol–water partition coefficient (Wildman–Crippen LogP) is 1.18. The fourth-order valence-electron chi connectivity index (χ4n) is 2.39. The molecule has 1 fully saturated rings. The van der Waals surface area contributed by atoms with Crippen LogP contribution in [-0.4, -0.2) is 39.4 Å². The molecule has 0 bridgehead atoms. The molecule has 0 saturated carbocycles. The number of rotatable bonds is 4. The molecular formula is C13H20FN3O2S. The van der Waals surface area contributed by atoms with Crippen molar-refractivity contribution in [2.24, 2.45) is 11.7 Å². The monoisotopic (exact) mass is 301 g/mol. The van der Waals surface area contributed by atoms with Gasteiger partial charge in [0, 0.05) is 20.1 Å². The SMILES string of the molecule is CN(c1ccc(F)cc1)S(=O)(=O)N1CCCC(CN)C1. The van der Waals surface area contributed by atoms with Gasteiger partial charge in [-0.2, -0.15) is 12.7 Å². The van der Waals surface area contributed by atoms with Crippen molar-refractivity contribution in [2.75, 3.05) is 31.0 Å². The summed E-state index contributed by atoms with van der Waals surface area (Å²) in [7, 11) is -2.10. The van der Waals surface area contributed by atoms with Crippen LogP contribution in [0.4, 0.5) is 10.1 Å². The smallest absolute Gasteiger partial charge is 0.303 e. The Labute approximate surface area is 119 Å².